The molecule has 37 heavy (non-hydrogen) atoms. The third-order valence-electron chi connectivity index (χ3n) is 8.80. The first-order chi connectivity index (χ1) is 18.0. The van der Waals surface area contributed by atoms with Gasteiger partial charge >= 0.3 is 0 Å². The van der Waals surface area contributed by atoms with Crippen LogP contribution in [-0.4, -0.2) is 10.2 Å². The van der Waals surface area contributed by atoms with Crippen LogP contribution in [0.25, 0.3) is 0 Å². The Balaban J connectivity index is 2.23. The Kier molecular flexibility index (Phi) is 11.9. The Morgan fingerprint density at radius 3 is 1.08 bits per heavy atom. The lowest BCUT2D eigenvalue weighted by atomic mass is 9.67. The van der Waals surface area contributed by atoms with Crippen molar-refractivity contribution in [3.8, 4) is 11.5 Å². The van der Waals surface area contributed by atoms with Crippen LogP contribution in [0.5, 0.6) is 11.5 Å². The van der Waals surface area contributed by atoms with Gasteiger partial charge in [0.1, 0.15) is 11.5 Å². The van der Waals surface area contributed by atoms with Crippen LogP contribution < -0.4 is 0 Å². The number of hydrogen-bond acceptors (Lipinski definition) is 2. The largest absolute Gasteiger partial charge is 0.507 e. The molecule has 0 aromatic heterocycles. The molecule has 2 nitrogen and oxygen atoms in total. The van der Waals surface area contributed by atoms with Crippen LogP contribution in [-0.2, 0) is 31.1 Å². The van der Waals surface area contributed by atoms with Crippen molar-refractivity contribution in [2.24, 2.45) is 0 Å². The number of rotatable bonds is 14. The number of aryl methyl sites for hydroxylation is 4. The normalized spacial score (nSPS) is 15.6. The third kappa shape index (κ3) is 7.33. The van der Waals surface area contributed by atoms with E-state index < -0.39 is 0 Å². The van der Waals surface area contributed by atoms with Gasteiger partial charge < -0.3 is 10.2 Å². The molecule has 2 aromatic rings. The van der Waals surface area contributed by atoms with E-state index in [1.807, 2.05) is 0 Å². The fraction of sp³-hybridized carbons (Fsp3) is 0.657. The molecule has 206 valence electrons. The molecular weight excluding hydrogens is 452 g/mol. The van der Waals surface area contributed by atoms with Crippen LogP contribution in [0.2, 0.25) is 0 Å². The van der Waals surface area contributed by atoms with Crippen LogP contribution in [0.3, 0.4) is 0 Å². The van der Waals surface area contributed by atoms with Crippen molar-refractivity contribution in [3.05, 3.63) is 57.6 Å². The Morgan fingerprint density at radius 1 is 0.514 bits per heavy atom. The molecule has 2 N–H and O–H groups in total. The highest BCUT2D eigenvalue weighted by Crippen LogP contribution is 2.47. The summed E-state index contributed by atoms with van der Waals surface area (Å²) in [7, 11) is 0. The van der Waals surface area contributed by atoms with E-state index in [9.17, 15) is 10.2 Å². The van der Waals surface area contributed by atoms with Gasteiger partial charge in [0.05, 0.1) is 0 Å². The van der Waals surface area contributed by atoms with E-state index in [0.717, 1.165) is 112 Å². The first kappa shape index (κ1) is 29.6. The molecule has 1 fully saturated rings. The molecule has 1 aliphatic rings. The average Bonchev–Trinajstić information content (AvgIpc) is 3.17. The predicted octanol–water partition coefficient (Wildman–Crippen LogP) is 10.1. The number of aromatic hydroxyl groups is 2. The van der Waals surface area contributed by atoms with Gasteiger partial charge in [-0.2, -0.15) is 0 Å². The average molecular weight is 507 g/mol. The van der Waals surface area contributed by atoms with E-state index in [0.29, 0.717) is 11.5 Å². The van der Waals surface area contributed by atoms with Crippen molar-refractivity contribution in [2.45, 2.75) is 149 Å². The smallest absolute Gasteiger partial charge is 0.121 e. The maximum atomic E-state index is 11.3. The summed E-state index contributed by atoms with van der Waals surface area (Å²) in [6, 6.07) is 9.48. The quantitative estimate of drug-likeness (QED) is 0.250. The van der Waals surface area contributed by atoms with E-state index in [1.165, 1.54) is 36.8 Å². The Hall–Kier alpha value is -1.96. The van der Waals surface area contributed by atoms with Crippen LogP contribution in [0.15, 0.2) is 24.3 Å². The van der Waals surface area contributed by atoms with Crippen molar-refractivity contribution in [1.82, 2.24) is 0 Å². The van der Waals surface area contributed by atoms with Crippen molar-refractivity contribution in [1.29, 1.82) is 0 Å². The number of phenolic OH excluding ortho intramolecular Hbond substituents is 2. The molecule has 0 spiro atoms. The Bertz CT molecular complexity index is 836. The molecule has 0 unspecified atom stereocenters. The molecule has 0 aliphatic heterocycles. The van der Waals surface area contributed by atoms with Crippen molar-refractivity contribution < 1.29 is 10.2 Å². The highest BCUT2D eigenvalue weighted by Gasteiger charge is 2.36. The molecule has 0 bridgehead atoms. The summed E-state index contributed by atoms with van der Waals surface area (Å²) < 4.78 is 0. The third-order valence-corrected chi connectivity index (χ3v) is 8.80. The summed E-state index contributed by atoms with van der Waals surface area (Å²) in [4.78, 5) is 0. The molecule has 0 atom stereocenters. The van der Waals surface area contributed by atoms with E-state index in [1.54, 1.807) is 0 Å². The van der Waals surface area contributed by atoms with Gasteiger partial charge in [0.2, 0.25) is 0 Å². The fourth-order valence-electron chi connectivity index (χ4n) is 6.38. The summed E-state index contributed by atoms with van der Waals surface area (Å²) in [5.41, 5.74) is 7.36. The zero-order chi connectivity index (χ0) is 26.7. The second-order valence-electron chi connectivity index (χ2n) is 11.7. The van der Waals surface area contributed by atoms with Gasteiger partial charge in [-0.3, -0.25) is 0 Å². The molecule has 3 rings (SSSR count). The molecule has 2 aromatic carbocycles. The summed E-state index contributed by atoms with van der Waals surface area (Å²) in [5.74, 6) is 1.10. The lowest BCUT2D eigenvalue weighted by molar-refractivity contribution is 0.431. The second kappa shape index (κ2) is 14.8. The van der Waals surface area contributed by atoms with Crippen molar-refractivity contribution >= 4 is 0 Å². The maximum absolute atomic E-state index is 11.3. The van der Waals surface area contributed by atoms with Gasteiger partial charge in [-0.05, 0) is 97.6 Å². The van der Waals surface area contributed by atoms with Gasteiger partial charge in [0.15, 0.2) is 0 Å². The van der Waals surface area contributed by atoms with Gasteiger partial charge in [0.25, 0.3) is 0 Å². The number of hydrogen-bond donors (Lipinski definition) is 2. The molecule has 2 heteroatoms. The van der Waals surface area contributed by atoms with Crippen LogP contribution in [0, 0.1) is 0 Å². The Morgan fingerprint density at radius 2 is 0.811 bits per heavy atom. The molecule has 1 saturated carbocycles. The fourth-order valence-corrected chi connectivity index (χ4v) is 6.38. The highest BCUT2D eigenvalue weighted by atomic mass is 16.3. The lowest BCUT2D eigenvalue weighted by Crippen LogP contribution is -2.28. The lowest BCUT2D eigenvalue weighted by Gasteiger charge is -2.36. The minimum atomic E-state index is -0.0399. The van der Waals surface area contributed by atoms with Gasteiger partial charge in [0, 0.05) is 5.41 Å². The SMILES string of the molecule is CCCCc1cc(C2(c3cc(CCCC)c(O)c(CCCC)c3)CCCCCC2)cc(CCCC)c1O. The number of benzene rings is 2. The first-order valence-corrected chi connectivity index (χ1v) is 15.7. The molecule has 1 aliphatic carbocycles. The van der Waals surface area contributed by atoms with Crippen LogP contribution >= 0.6 is 0 Å². The van der Waals surface area contributed by atoms with E-state index >= 15 is 0 Å². The molecular formula is C35H54O2. The summed E-state index contributed by atoms with van der Waals surface area (Å²) in [5, 5.41) is 22.5. The monoisotopic (exact) mass is 506 g/mol. The summed E-state index contributed by atoms with van der Waals surface area (Å²) >= 11 is 0. The summed E-state index contributed by atoms with van der Waals surface area (Å²) in [6.07, 6.45) is 20.2. The zero-order valence-electron chi connectivity index (χ0n) is 24.4. The summed E-state index contributed by atoms with van der Waals surface area (Å²) in [6.45, 7) is 8.94. The van der Waals surface area contributed by atoms with Gasteiger partial charge in [-0.1, -0.05) is 103 Å². The van der Waals surface area contributed by atoms with Crippen LogP contribution in [0.1, 0.15) is 151 Å². The highest BCUT2D eigenvalue weighted by molar-refractivity contribution is 5.53. The van der Waals surface area contributed by atoms with E-state index in [4.69, 9.17) is 0 Å². The Labute approximate surface area is 227 Å². The predicted molar refractivity (Wildman–Crippen MR) is 159 cm³/mol. The number of unbranched alkanes of at least 4 members (excludes halogenated alkanes) is 4. The topological polar surface area (TPSA) is 40.5 Å². The maximum Gasteiger partial charge on any atom is 0.121 e. The first-order valence-electron chi connectivity index (χ1n) is 15.7. The standard InChI is InChI=1S/C35H54O2/c1-5-9-17-27-23-31(24-28(33(27)36)18-10-6-2)35(21-15-13-14-16-22-35)32-25-29(19-11-7-3)34(37)30(26-32)20-12-8-4/h23-26,36-37H,5-22H2,1-4H3. The molecule has 0 radical (unpaired) electrons. The van der Waals surface area contributed by atoms with Crippen LogP contribution in [0.4, 0.5) is 0 Å². The molecule has 0 amide bonds. The van der Waals surface area contributed by atoms with Gasteiger partial charge in [-0.25, -0.2) is 0 Å². The van der Waals surface area contributed by atoms with Gasteiger partial charge in [-0.15, -0.1) is 0 Å². The minimum Gasteiger partial charge on any atom is -0.507 e. The van der Waals surface area contributed by atoms with E-state index in [2.05, 4.69) is 52.0 Å². The van der Waals surface area contributed by atoms with Crippen molar-refractivity contribution in [3.63, 3.8) is 0 Å². The minimum absolute atomic E-state index is 0.0399. The molecule has 0 saturated heterocycles. The van der Waals surface area contributed by atoms with E-state index in [-0.39, 0.29) is 5.41 Å². The van der Waals surface area contributed by atoms with Crippen molar-refractivity contribution in [2.75, 3.05) is 0 Å². The zero-order valence-corrected chi connectivity index (χ0v) is 24.4. The molecule has 0 heterocycles. The number of phenols is 2. The second-order valence-corrected chi connectivity index (χ2v) is 11.7.